The zero-order chi connectivity index (χ0) is 16.5. The number of carboxylic acid groups (broad SMARTS) is 1. The molecule has 1 N–H and O–H groups in total. The highest BCUT2D eigenvalue weighted by Crippen LogP contribution is 2.42. The van der Waals surface area contributed by atoms with Gasteiger partial charge >= 0.3 is 6.09 Å². The largest absolute Gasteiger partial charge is 0.465 e. The van der Waals surface area contributed by atoms with Gasteiger partial charge < -0.3 is 10.0 Å². The van der Waals surface area contributed by atoms with E-state index in [0.29, 0.717) is 18.5 Å². The van der Waals surface area contributed by atoms with Crippen LogP contribution in [-0.2, 0) is 5.41 Å². The monoisotopic (exact) mass is 305 g/mol. The second-order valence-corrected chi connectivity index (χ2v) is 6.85. The Bertz CT molecular complexity index is 621. The fraction of sp³-hybridized carbons (Fsp3) is 0.562. The molecule has 2 unspecified atom stereocenters. The van der Waals surface area contributed by atoms with Gasteiger partial charge in [-0.05, 0) is 30.4 Å². The van der Waals surface area contributed by atoms with Gasteiger partial charge in [-0.15, -0.1) is 0 Å². The molecule has 1 aromatic heterocycles. The van der Waals surface area contributed by atoms with Crippen molar-refractivity contribution in [3.8, 4) is 6.07 Å². The van der Waals surface area contributed by atoms with Crippen LogP contribution in [0.4, 0.5) is 9.18 Å². The molecule has 1 saturated heterocycles. The Morgan fingerprint density at radius 3 is 2.73 bits per heavy atom. The lowest BCUT2D eigenvalue weighted by molar-refractivity contribution is 0.0404. The van der Waals surface area contributed by atoms with Gasteiger partial charge in [0.15, 0.2) is 0 Å². The average Bonchev–Trinajstić information content (AvgIpc) is 2.45. The zero-order valence-electron chi connectivity index (χ0n) is 13.0. The van der Waals surface area contributed by atoms with Gasteiger partial charge in [-0.2, -0.15) is 9.65 Å². The van der Waals surface area contributed by atoms with Crippen LogP contribution < -0.4 is 0 Å². The molecule has 0 aliphatic carbocycles. The maximum Gasteiger partial charge on any atom is 0.407 e. The molecule has 0 aromatic carbocycles. The number of aromatic nitrogens is 1. The number of hydrogen-bond acceptors (Lipinski definition) is 3. The lowest BCUT2D eigenvalue weighted by atomic mass is 9.68. The Balaban J connectivity index is 2.44. The van der Waals surface area contributed by atoms with E-state index in [-0.39, 0.29) is 18.0 Å². The van der Waals surface area contributed by atoms with E-state index >= 15 is 0 Å². The first-order valence-corrected chi connectivity index (χ1v) is 7.23. The standard InChI is InChI=1S/C16H20FN3O2/c1-15(2,3)12-9-16(10-18,7-8-20(12)14(21)22)11-5-4-6-13(17)19-11/h4-6,12H,7-9H2,1-3H3,(H,21,22). The lowest BCUT2D eigenvalue weighted by Gasteiger charge is -2.47. The van der Waals surface area contributed by atoms with E-state index in [4.69, 9.17) is 0 Å². The molecule has 5 nitrogen and oxygen atoms in total. The molecule has 1 amide bonds. The number of halogens is 1. The molecule has 2 atom stereocenters. The third-order valence-electron chi connectivity index (χ3n) is 4.36. The van der Waals surface area contributed by atoms with E-state index in [2.05, 4.69) is 11.1 Å². The van der Waals surface area contributed by atoms with E-state index in [1.807, 2.05) is 20.8 Å². The van der Waals surface area contributed by atoms with Gasteiger partial charge in [-0.3, -0.25) is 0 Å². The topological polar surface area (TPSA) is 77.2 Å². The molecule has 2 heterocycles. The van der Waals surface area contributed by atoms with Gasteiger partial charge in [-0.1, -0.05) is 26.8 Å². The van der Waals surface area contributed by atoms with E-state index in [1.54, 1.807) is 6.07 Å². The molecule has 1 fully saturated rings. The van der Waals surface area contributed by atoms with Crippen molar-refractivity contribution in [3.63, 3.8) is 0 Å². The quantitative estimate of drug-likeness (QED) is 0.808. The van der Waals surface area contributed by atoms with Crippen LogP contribution in [0.5, 0.6) is 0 Å². The third kappa shape index (κ3) is 2.89. The summed E-state index contributed by atoms with van der Waals surface area (Å²) in [6.45, 7) is 6.07. The number of carbonyl (C=O) groups is 1. The van der Waals surface area contributed by atoms with Crippen molar-refractivity contribution in [3.05, 3.63) is 29.8 Å². The summed E-state index contributed by atoms with van der Waals surface area (Å²) in [6, 6.07) is 6.36. The first-order chi connectivity index (χ1) is 10.2. The molecule has 22 heavy (non-hydrogen) atoms. The fourth-order valence-electron chi connectivity index (χ4n) is 3.08. The zero-order valence-corrected chi connectivity index (χ0v) is 13.0. The van der Waals surface area contributed by atoms with Crippen molar-refractivity contribution in [2.45, 2.75) is 45.1 Å². The van der Waals surface area contributed by atoms with E-state index < -0.39 is 17.5 Å². The summed E-state index contributed by atoms with van der Waals surface area (Å²) < 4.78 is 13.4. The normalized spacial score (nSPS) is 25.6. The third-order valence-corrected chi connectivity index (χ3v) is 4.36. The minimum Gasteiger partial charge on any atom is -0.465 e. The van der Waals surface area contributed by atoms with Crippen molar-refractivity contribution in [1.82, 2.24) is 9.88 Å². The Morgan fingerprint density at radius 1 is 1.55 bits per heavy atom. The second kappa shape index (κ2) is 5.56. The number of nitrogens with zero attached hydrogens (tertiary/aromatic N) is 3. The van der Waals surface area contributed by atoms with Crippen LogP contribution in [0, 0.1) is 22.7 Å². The maximum absolute atomic E-state index is 13.4. The maximum atomic E-state index is 13.4. The summed E-state index contributed by atoms with van der Waals surface area (Å²) >= 11 is 0. The molecular formula is C16H20FN3O2. The minimum atomic E-state index is -0.987. The molecule has 6 heteroatoms. The van der Waals surface area contributed by atoms with Crippen molar-refractivity contribution in [2.75, 3.05) is 6.54 Å². The number of amides is 1. The summed E-state index contributed by atoms with van der Waals surface area (Å²) in [6.07, 6.45) is -0.354. The van der Waals surface area contributed by atoms with Gasteiger partial charge in [0.2, 0.25) is 5.95 Å². The first kappa shape index (κ1) is 16.2. The summed E-state index contributed by atoms with van der Waals surface area (Å²) in [5, 5.41) is 19.1. The smallest absolute Gasteiger partial charge is 0.407 e. The van der Waals surface area contributed by atoms with Gasteiger partial charge in [0, 0.05) is 12.6 Å². The molecule has 0 bridgehead atoms. The number of hydrogen-bond donors (Lipinski definition) is 1. The van der Waals surface area contributed by atoms with Crippen molar-refractivity contribution < 1.29 is 14.3 Å². The number of piperidine rings is 1. The number of nitriles is 1. The van der Waals surface area contributed by atoms with Gasteiger partial charge in [-0.25, -0.2) is 9.78 Å². The lowest BCUT2D eigenvalue weighted by Crippen LogP contribution is -2.55. The Labute approximate surface area is 129 Å². The number of likely N-dealkylation sites (tertiary alicyclic amines) is 1. The molecular weight excluding hydrogens is 285 g/mol. The van der Waals surface area contributed by atoms with Crippen LogP contribution >= 0.6 is 0 Å². The van der Waals surface area contributed by atoms with Crippen molar-refractivity contribution in [2.24, 2.45) is 5.41 Å². The van der Waals surface area contributed by atoms with E-state index in [0.717, 1.165) is 0 Å². The Hall–Kier alpha value is -2.16. The highest BCUT2D eigenvalue weighted by Gasteiger charge is 2.47. The number of rotatable bonds is 1. The van der Waals surface area contributed by atoms with Crippen LogP contribution in [-0.4, -0.2) is 33.7 Å². The van der Waals surface area contributed by atoms with Gasteiger partial charge in [0.05, 0.1) is 11.8 Å². The second-order valence-electron chi connectivity index (χ2n) is 6.85. The fourth-order valence-corrected chi connectivity index (χ4v) is 3.08. The van der Waals surface area contributed by atoms with Crippen molar-refractivity contribution in [1.29, 1.82) is 5.26 Å². The molecule has 1 aliphatic rings. The van der Waals surface area contributed by atoms with E-state index in [1.165, 1.54) is 17.0 Å². The molecule has 1 aliphatic heterocycles. The average molecular weight is 305 g/mol. The minimum absolute atomic E-state index is 0.239. The summed E-state index contributed by atoms with van der Waals surface area (Å²) in [5.41, 5.74) is -0.894. The van der Waals surface area contributed by atoms with E-state index in [9.17, 15) is 19.6 Å². The molecule has 118 valence electrons. The molecule has 0 radical (unpaired) electrons. The van der Waals surface area contributed by atoms with Crippen LogP contribution in [0.25, 0.3) is 0 Å². The summed E-state index contributed by atoms with van der Waals surface area (Å²) in [5.74, 6) is -0.625. The van der Waals surface area contributed by atoms with Crippen LogP contribution in [0.2, 0.25) is 0 Å². The molecule has 0 saturated carbocycles. The highest BCUT2D eigenvalue weighted by atomic mass is 19.1. The predicted octanol–water partition coefficient (Wildman–Crippen LogP) is 3.17. The first-order valence-electron chi connectivity index (χ1n) is 7.23. The van der Waals surface area contributed by atoms with Gasteiger partial charge in [0.1, 0.15) is 5.41 Å². The SMILES string of the molecule is CC(C)(C)C1CC(C#N)(c2cccc(F)n2)CCN1C(=O)O. The van der Waals surface area contributed by atoms with Crippen LogP contribution in [0.1, 0.15) is 39.3 Å². The predicted molar refractivity (Wildman–Crippen MR) is 78.7 cm³/mol. The summed E-state index contributed by atoms with van der Waals surface area (Å²) in [4.78, 5) is 16.7. The van der Waals surface area contributed by atoms with Crippen LogP contribution in [0.3, 0.4) is 0 Å². The van der Waals surface area contributed by atoms with Gasteiger partial charge in [0.25, 0.3) is 0 Å². The Morgan fingerprint density at radius 2 is 2.23 bits per heavy atom. The molecule has 1 aromatic rings. The molecule has 2 rings (SSSR count). The Kier molecular flexibility index (Phi) is 4.10. The summed E-state index contributed by atoms with van der Waals surface area (Å²) in [7, 11) is 0. The van der Waals surface area contributed by atoms with Crippen molar-refractivity contribution >= 4 is 6.09 Å². The van der Waals surface area contributed by atoms with Crippen LogP contribution in [0.15, 0.2) is 18.2 Å². The highest BCUT2D eigenvalue weighted by molar-refractivity contribution is 5.66. The molecule has 0 spiro atoms. The number of pyridine rings is 1.